The van der Waals surface area contributed by atoms with E-state index in [0.29, 0.717) is 45.4 Å². The van der Waals surface area contributed by atoms with Gasteiger partial charge in [-0.2, -0.15) is 0 Å². The Morgan fingerprint density at radius 3 is 2.44 bits per heavy atom. The summed E-state index contributed by atoms with van der Waals surface area (Å²) in [5.41, 5.74) is 2.18. The minimum Gasteiger partial charge on any atom is -0.462 e. The third kappa shape index (κ3) is 3.92. The molecule has 0 aliphatic rings. The van der Waals surface area contributed by atoms with Gasteiger partial charge in [0.25, 0.3) is 5.56 Å². The van der Waals surface area contributed by atoms with Gasteiger partial charge in [-0.05, 0) is 43.7 Å². The molecule has 0 unspecified atom stereocenters. The number of hydrogen-bond donors (Lipinski definition) is 0. The van der Waals surface area contributed by atoms with Crippen LogP contribution in [0.25, 0.3) is 28.0 Å². The molecule has 0 bridgehead atoms. The van der Waals surface area contributed by atoms with Crippen LogP contribution in [0.15, 0.2) is 59.4 Å². The minimum absolute atomic E-state index is 0.0262. The lowest BCUT2D eigenvalue weighted by Gasteiger charge is -2.10. The van der Waals surface area contributed by atoms with Gasteiger partial charge in [0, 0.05) is 22.5 Å². The van der Waals surface area contributed by atoms with Crippen LogP contribution in [0.4, 0.5) is 0 Å². The number of pyridine rings is 1. The van der Waals surface area contributed by atoms with E-state index in [4.69, 9.17) is 33.0 Å². The highest BCUT2D eigenvalue weighted by Gasteiger charge is 2.24. The smallest absolute Gasteiger partial charge is 0.343 e. The van der Waals surface area contributed by atoms with Crippen LogP contribution >= 0.6 is 23.2 Å². The highest BCUT2D eigenvalue weighted by molar-refractivity contribution is 6.32. The molecule has 0 fully saturated rings. The Labute approximate surface area is 194 Å². The molecule has 0 radical (unpaired) electrons. The number of rotatable bonds is 6. The molecule has 8 heteroatoms. The molecule has 2 heterocycles. The molecule has 2 aromatic carbocycles. The first-order valence-corrected chi connectivity index (χ1v) is 11.1. The van der Waals surface area contributed by atoms with Crippen LogP contribution < -0.4 is 5.56 Å². The molecule has 0 aliphatic heterocycles. The number of hydrogen-bond acceptors (Lipinski definition) is 4. The Bertz CT molecular complexity index is 1360. The van der Waals surface area contributed by atoms with Crippen molar-refractivity contribution in [1.82, 2.24) is 14.3 Å². The summed E-state index contributed by atoms with van der Waals surface area (Å²) in [6.07, 6.45) is 0.691. The quantitative estimate of drug-likeness (QED) is 0.337. The van der Waals surface area contributed by atoms with Gasteiger partial charge in [-0.25, -0.2) is 9.48 Å². The highest BCUT2D eigenvalue weighted by atomic mass is 35.5. The molecule has 4 aromatic rings. The molecular formula is C24H21Cl2N3O3. The zero-order valence-corrected chi connectivity index (χ0v) is 19.2. The van der Waals surface area contributed by atoms with E-state index < -0.39 is 11.5 Å². The third-order valence-corrected chi connectivity index (χ3v) is 5.63. The van der Waals surface area contributed by atoms with Crippen molar-refractivity contribution in [2.45, 2.75) is 26.8 Å². The number of aryl methyl sites for hydroxylation is 1. The summed E-state index contributed by atoms with van der Waals surface area (Å²) in [5, 5.41) is 6.52. The Morgan fingerprint density at radius 1 is 1.06 bits per heavy atom. The van der Waals surface area contributed by atoms with E-state index in [0.717, 1.165) is 5.56 Å². The van der Waals surface area contributed by atoms with Crippen LogP contribution in [0.3, 0.4) is 0 Å². The lowest BCUT2D eigenvalue weighted by Crippen LogP contribution is -2.27. The average Bonchev–Trinajstić information content (AvgIpc) is 3.15. The summed E-state index contributed by atoms with van der Waals surface area (Å²) < 4.78 is 8.37. The fraction of sp³-hybridized carbons (Fsp3) is 0.208. The monoisotopic (exact) mass is 469 g/mol. The lowest BCUT2D eigenvalue weighted by molar-refractivity contribution is 0.0524. The lowest BCUT2D eigenvalue weighted by atomic mass is 10.1. The van der Waals surface area contributed by atoms with Crippen LogP contribution in [0.1, 0.15) is 30.6 Å². The SMILES string of the molecule is CCCn1c(=O)c(C(=O)OCC)cc2c(-c3ccc(Cl)cc3)n(-c3ccccc3Cl)nc21. The molecule has 2 aromatic heterocycles. The summed E-state index contributed by atoms with van der Waals surface area (Å²) in [6, 6.07) is 16.2. The number of benzene rings is 2. The predicted octanol–water partition coefficient (Wildman–Crippen LogP) is 5.75. The van der Waals surface area contributed by atoms with Crippen LogP contribution in [0.5, 0.6) is 0 Å². The van der Waals surface area contributed by atoms with Crippen molar-refractivity contribution in [3.8, 4) is 16.9 Å². The van der Waals surface area contributed by atoms with Crippen LogP contribution in [0, 0.1) is 0 Å². The Kier molecular flexibility index (Phi) is 6.35. The Hall–Kier alpha value is -3.09. The fourth-order valence-electron chi connectivity index (χ4n) is 3.67. The van der Waals surface area contributed by atoms with Gasteiger partial charge in [0.2, 0.25) is 0 Å². The molecule has 0 atom stereocenters. The summed E-state index contributed by atoms with van der Waals surface area (Å²) in [5.74, 6) is -0.656. The third-order valence-electron chi connectivity index (χ3n) is 5.06. The maximum absolute atomic E-state index is 13.2. The maximum Gasteiger partial charge on any atom is 0.343 e. The van der Waals surface area contributed by atoms with Gasteiger partial charge in [0.1, 0.15) is 5.56 Å². The van der Waals surface area contributed by atoms with E-state index in [9.17, 15) is 9.59 Å². The minimum atomic E-state index is -0.656. The molecule has 4 rings (SSSR count). The van der Waals surface area contributed by atoms with Crippen LogP contribution in [-0.4, -0.2) is 26.9 Å². The number of ether oxygens (including phenoxy) is 1. The number of halogens is 2. The zero-order valence-electron chi connectivity index (χ0n) is 17.6. The van der Waals surface area contributed by atoms with Crippen molar-refractivity contribution in [2.75, 3.05) is 6.61 Å². The summed E-state index contributed by atoms with van der Waals surface area (Å²) in [6.45, 7) is 4.24. The van der Waals surface area contributed by atoms with Crippen LogP contribution in [-0.2, 0) is 11.3 Å². The number of nitrogens with zero attached hydrogens (tertiary/aromatic N) is 3. The normalized spacial score (nSPS) is 11.1. The van der Waals surface area contributed by atoms with Gasteiger partial charge < -0.3 is 4.74 Å². The number of carbonyl (C=O) groups excluding carboxylic acids is 1. The van der Waals surface area contributed by atoms with Crippen molar-refractivity contribution >= 4 is 40.2 Å². The largest absolute Gasteiger partial charge is 0.462 e. The Morgan fingerprint density at radius 2 is 1.78 bits per heavy atom. The molecule has 0 saturated carbocycles. The first-order chi connectivity index (χ1) is 15.5. The standard InChI is InChI=1S/C24H21Cl2N3O3/c1-3-13-28-22-17(14-18(23(28)30)24(31)32-4-2)21(15-9-11-16(25)12-10-15)29(27-22)20-8-6-5-7-19(20)26/h5-12,14H,3-4,13H2,1-2H3. The van der Waals surface area contributed by atoms with Gasteiger partial charge in [-0.1, -0.05) is 54.4 Å². The highest BCUT2D eigenvalue weighted by Crippen LogP contribution is 2.34. The number of fused-ring (bicyclic) bond motifs is 1. The molecule has 32 heavy (non-hydrogen) atoms. The molecule has 0 spiro atoms. The van der Waals surface area contributed by atoms with Gasteiger partial charge in [0.05, 0.1) is 23.0 Å². The molecule has 0 N–H and O–H groups in total. The molecule has 164 valence electrons. The van der Waals surface area contributed by atoms with E-state index >= 15 is 0 Å². The molecule has 6 nitrogen and oxygen atoms in total. The summed E-state index contributed by atoms with van der Waals surface area (Å²) in [7, 11) is 0. The second-order valence-corrected chi connectivity index (χ2v) is 8.03. The Balaban J connectivity index is 2.14. The zero-order chi connectivity index (χ0) is 22.8. The molecule has 0 aliphatic carbocycles. The molecule has 0 saturated heterocycles. The van der Waals surface area contributed by atoms with Gasteiger partial charge in [-0.3, -0.25) is 9.36 Å². The van der Waals surface area contributed by atoms with Gasteiger partial charge >= 0.3 is 5.97 Å². The number of aromatic nitrogens is 3. The topological polar surface area (TPSA) is 66.1 Å². The van der Waals surface area contributed by atoms with E-state index in [2.05, 4.69) is 0 Å². The van der Waals surface area contributed by atoms with E-state index in [1.165, 1.54) is 4.57 Å². The molecule has 0 amide bonds. The fourth-order valence-corrected chi connectivity index (χ4v) is 4.01. The first-order valence-electron chi connectivity index (χ1n) is 10.3. The maximum atomic E-state index is 13.2. The van der Waals surface area contributed by atoms with Crippen molar-refractivity contribution in [2.24, 2.45) is 0 Å². The van der Waals surface area contributed by atoms with Gasteiger partial charge in [-0.15, -0.1) is 5.10 Å². The van der Waals surface area contributed by atoms with Crippen molar-refractivity contribution < 1.29 is 9.53 Å². The number of esters is 1. The summed E-state index contributed by atoms with van der Waals surface area (Å²) >= 11 is 12.6. The number of para-hydroxylation sites is 1. The summed E-state index contributed by atoms with van der Waals surface area (Å²) in [4.78, 5) is 25.8. The second-order valence-electron chi connectivity index (χ2n) is 7.19. The van der Waals surface area contributed by atoms with Crippen molar-refractivity contribution in [1.29, 1.82) is 0 Å². The van der Waals surface area contributed by atoms with Crippen LogP contribution in [0.2, 0.25) is 10.0 Å². The first kappa shape index (κ1) is 22.1. The predicted molar refractivity (Wildman–Crippen MR) is 127 cm³/mol. The van der Waals surface area contributed by atoms with E-state index in [-0.39, 0.29) is 12.2 Å². The van der Waals surface area contributed by atoms with E-state index in [1.54, 1.807) is 35.9 Å². The molecular weight excluding hydrogens is 449 g/mol. The van der Waals surface area contributed by atoms with Crippen molar-refractivity contribution in [3.63, 3.8) is 0 Å². The van der Waals surface area contributed by atoms with Crippen molar-refractivity contribution in [3.05, 3.63) is 80.6 Å². The van der Waals surface area contributed by atoms with E-state index in [1.807, 2.05) is 37.3 Å². The van der Waals surface area contributed by atoms with Gasteiger partial charge in [0.15, 0.2) is 5.65 Å². The second kappa shape index (κ2) is 9.18. The average molecular weight is 470 g/mol. The number of carbonyl (C=O) groups is 1.